The van der Waals surface area contributed by atoms with E-state index in [1.54, 1.807) is 0 Å². The lowest BCUT2D eigenvalue weighted by Gasteiger charge is -2.30. The van der Waals surface area contributed by atoms with Crippen molar-refractivity contribution < 1.29 is 14.7 Å². The van der Waals surface area contributed by atoms with Gasteiger partial charge in [0, 0.05) is 17.9 Å². The van der Waals surface area contributed by atoms with E-state index in [9.17, 15) is 14.7 Å². The van der Waals surface area contributed by atoms with E-state index in [1.165, 1.54) is 12.8 Å². The molecule has 2 aliphatic rings. The molecule has 0 aromatic rings. The van der Waals surface area contributed by atoms with Gasteiger partial charge in [-0.2, -0.15) is 0 Å². The Morgan fingerprint density at radius 3 is 2.52 bits per heavy atom. The molecule has 2 fully saturated rings. The van der Waals surface area contributed by atoms with E-state index in [-0.39, 0.29) is 36.4 Å². The average Bonchev–Trinajstić information content (AvgIpc) is 3.08. The number of amides is 2. The lowest BCUT2D eigenvalue weighted by Crippen LogP contribution is -2.48. The zero-order valence-electron chi connectivity index (χ0n) is 13.0. The van der Waals surface area contributed by atoms with Gasteiger partial charge >= 0.3 is 0 Å². The SMILES string of the molecule is CC1(CO)CCCC1NC(=O)CNC(=O)CC1CCCC1. The Morgan fingerprint density at radius 2 is 1.86 bits per heavy atom. The van der Waals surface area contributed by atoms with Crippen LogP contribution in [0.2, 0.25) is 0 Å². The zero-order chi connectivity index (χ0) is 15.3. The van der Waals surface area contributed by atoms with E-state index in [1.807, 2.05) is 6.92 Å². The van der Waals surface area contributed by atoms with Gasteiger partial charge < -0.3 is 15.7 Å². The van der Waals surface area contributed by atoms with Gasteiger partial charge in [0.15, 0.2) is 0 Å². The van der Waals surface area contributed by atoms with Crippen LogP contribution >= 0.6 is 0 Å². The van der Waals surface area contributed by atoms with Gasteiger partial charge in [-0.1, -0.05) is 26.2 Å². The maximum atomic E-state index is 11.9. The van der Waals surface area contributed by atoms with E-state index in [0.717, 1.165) is 32.1 Å². The summed E-state index contributed by atoms with van der Waals surface area (Å²) in [6, 6.07) is 0.0155. The molecule has 0 aromatic heterocycles. The summed E-state index contributed by atoms with van der Waals surface area (Å²) in [6.45, 7) is 2.14. The second-order valence-corrected chi connectivity index (χ2v) is 6.96. The van der Waals surface area contributed by atoms with Gasteiger partial charge in [-0.3, -0.25) is 9.59 Å². The number of aliphatic hydroxyl groups excluding tert-OH is 1. The monoisotopic (exact) mass is 296 g/mol. The van der Waals surface area contributed by atoms with Gasteiger partial charge in [0.25, 0.3) is 0 Å². The topological polar surface area (TPSA) is 78.4 Å². The highest BCUT2D eigenvalue weighted by Gasteiger charge is 2.38. The van der Waals surface area contributed by atoms with Crippen molar-refractivity contribution in [3.8, 4) is 0 Å². The number of carbonyl (C=O) groups is 2. The normalized spacial score (nSPS) is 29.5. The molecule has 0 radical (unpaired) electrons. The van der Waals surface area contributed by atoms with Crippen molar-refractivity contribution in [2.75, 3.05) is 13.2 Å². The highest BCUT2D eigenvalue weighted by molar-refractivity contribution is 5.84. The van der Waals surface area contributed by atoms with E-state index < -0.39 is 0 Å². The van der Waals surface area contributed by atoms with Crippen LogP contribution in [0.4, 0.5) is 0 Å². The molecule has 0 aliphatic heterocycles. The third-order valence-corrected chi connectivity index (χ3v) is 5.17. The third kappa shape index (κ3) is 4.43. The molecule has 2 amide bonds. The lowest BCUT2D eigenvalue weighted by molar-refractivity contribution is -0.127. The highest BCUT2D eigenvalue weighted by Crippen LogP contribution is 2.37. The van der Waals surface area contributed by atoms with Crippen LogP contribution in [0.25, 0.3) is 0 Å². The van der Waals surface area contributed by atoms with Crippen molar-refractivity contribution in [2.45, 2.75) is 64.3 Å². The van der Waals surface area contributed by atoms with Crippen LogP contribution in [0, 0.1) is 11.3 Å². The van der Waals surface area contributed by atoms with Gasteiger partial charge in [-0.15, -0.1) is 0 Å². The van der Waals surface area contributed by atoms with E-state index in [2.05, 4.69) is 10.6 Å². The molecule has 0 heterocycles. The van der Waals surface area contributed by atoms with Gasteiger partial charge in [-0.25, -0.2) is 0 Å². The van der Waals surface area contributed by atoms with Crippen molar-refractivity contribution in [1.29, 1.82) is 0 Å². The number of rotatable bonds is 6. The highest BCUT2D eigenvalue weighted by atomic mass is 16.3. The quantitative estimate of drug-likeness (QED) is 0.692. The Labute approximate surface area is 126 Å². The molecule has 120 valence electrons. The summed E-state index contributed by atoms with van der Waals surface area (Å²) >= 11 is 0. The fourth-order valence-corrected chi connectivity index (χ4v) is 3.64. The molecule has 2 aliphatic carbocycles. The number of carbonyl (C=O) groups excluding carboxylic acids is 2. The van der Waals surface area contributed by atoms with Crippen molar-refractivity contribution in [3.05, 3.63) is 0 Å². The van der Waals surface area contributed by atoms with Gasteiger partial charge in [0.05, 0.1) is 13.2 Å². The minimum atomic E-state index is -0.219. The van der Waals surface area contributed by atoms with Gasteiger partial charge in [0.1, 0.15) is 0 Å². The first-order valence-corrected chi connectivity index (χ1v) is 8.20. The van der Waals surface area contributed by atoms with Crippen LogP contribution in [0.1, 0.15) is 58.3 Å². The van der Waals surface area contributed by atoms with Crippen LogP contribution < -0.4 is 10.6 Å². The molecular weight excluding hydrogens is 268 g/mol. The van der Waals surface area contributed by atoms with Crippen molar-refractivity contribution in [3.63, 3.8) is 0 Å². The Bertz CT molecular complexity index is 380. The second kappa shape index (κ2) is 7.25. The molecule has 5 nitrogen and oxygen atoms in total. The van der Waals surface area contributed by atoms with Crippen LogP contribution in [0.3, 0.4) is 0 Å². The fraction of sp³-hybridized carbons (Fsp3) is 0.875. The average molecular weight is 296 g/mol. The second-order valence-electron chi connectivity index (χ2n) is 6.96. The summed E-state index contributed by atoms with van der Waals surface area (Å²) in [5.41, 5.74) is -0.219. The number of aliphatic hydroxyl groups is 1. The summed E-state index contributed by atoms with van der Waals surface area (Å²) in [5, 5.41) is 15.1. The molecular formula is C16H28N2O3. The fourth-order valence-electron chi connectivity index (χ4n) is 3.64. The number of hydrogen-bond acceptors (Lipinski definition) is 3. The van der Waals surface area contributed by atoms with Crippen LogP contribution in [0.5, 0.6) is 0 Å². The largest absolute Gasteiger partial charge is 0.396 e. The molecule has 0 spiro atoms. The van der Waals surface area contributed by atoms with Crippen LogP contribution in [-0.2, 0) is 9.59 Å². The summed E-state index contributed by atoms with van der Waals surface area (Å²) < 4.78 is 0. The van der Waals surface area contributed by atoms with Crippen molar-refractivity contribution in [1.82, 2.24) is 10.6 Å². The maximum Gasteiger partial charge on any atom is 0.239 e. The molecule has 0 saturated heterocycles. The van der Waals surface area contributed by atoms with E-state index in [4.69, 9.17) is 0 Å². The first kappa shape index (κ1) is 16.3. The molecule has 5 heteroatoms. The van der Waals surface area contributed by atoms with Crippen molar-refractivity contribution in [2.24, 2.45) is 11.3 Å². The predicted molar refractivity (Wildman–Crippen MR) is 80.6 cm³/mol. The van der Waals surface area contributed by atoms with Gasteiger partial charge in [-0.05, 0) is 31.6 Å². The van der Waals surface area contributed by atoms with E-state index in [0.29, 0.717) is 12.3 Å². The molecule has 0 bridgehead atoms. The Balaban J connectivity index is 1.68. The minimum Gasteiger partial charge on any atom is -0.396 e. The van der Waals surface area contributed by atoms with Crippen LogP contribution in [0.15, 0.2) is 0 Å². The number of nitrogens with one attached hydrogen (secondary N) is 2. The summed E-state index contributed by atoms with van der Waals surface area (Å²) in [5.74, 6) is 0.329. The molecule has 3 N–H and O–H groups in total. The molecule has 2 unspecified atom stereocenters. The first-order chi connectivity index (χ1) is 10.0. The Hall–Kier alpha value is -1.10. The standard InChI is InChI=1S/C16H28N2O3/c1-16(11-19)8-4-7-13(16)18-15(21)10-17-14(20)9-12-5-2-3-6-12/h12-13,19H,2-11H2,1H3,(H,17,20)(H,18,21). The molecule has 2 saturated carbocycles. The third-order valence-electron chi connectivity index (χ3n) is 5.17. The van der Waals surface area contributed by atoms with Crippen molar-refractivity contribution >= 4 is 11.8 Å². The zero-order valence-corrected chi connectivity index (χ0v) is 13.0. The summed E-state index contributed by atoms with van der Waals surface area (Å²) in [6.07, 6.45) is 8.12. The smallest absolute Gasteiger partial charge is 0.239 e. The molecule has 2 atom stereocenters. The summed E-state index contributed by atoms with van der Waals surface area (Å²) in [4.78, 5) is 23.7. The van der Waals surface area contributed by atoms with Gasteiger partial charge in [0.2, 0.25) is 11.8 Å². The lowest BCUT2D eigenvalue weighted by atomic mass is 9.86. The maximum absolute atomic E-state index is 11.9. The summed E-state index contributed by atoms with van der Waals surface area (Å²) in [7, 11) is 0. The predicted octanol–water partition coefficient (Wildman–Crippen LogP) is 1.35. The first-order valence-electron chi connectivity index (χ1n) is 8.20. The minimum absolute atomic E-state index is 0.0155. The Morgan fingerprint density at radius 1 is 1.14 bits per heavy atom. The molecule has 2 rings (SSSR count). The number of hydrogen-bond donors (Lipinski definition) is 3. The Kier molecular flexibility index (Phi) is 5.62. The van der Waals surface area contributed by atoms with E-state index >= 15 is 0 Å². The molecule has 0 aromatic carbocycles. The van der Waals surface area contributed by atoms with Crippen LogP contribution in [-0.4, -0.2) is 36.1 Å². The molecule has 21 heavy (non-hydrogen) atoms.